The quantitative estimate of drug-likeness (QED) is 0.779. The van der Waals surface area contributed by atoms with Crippen molar-refractivity contribution in [3.63, 3.8) is 0 Å². The minimum absolute atomic E-state index is 0.142. The van der Waals surface area contributed by atoms with Gasteiger partial charge in [0.05, 0.1) is 6.61 Å². The van der Waals surface area contributed by atoms with Gasteiger partial charge in [-0.3, -0.25) is 4.90 Å². The van der Waals surface area contributed by atoms with E-state index in [1.165, 1.54) is 0 Å². The molecule has 1 aliphatic rings. The topological polar surface area (TPSA) is 38.5 Å². The Hall–Kier alpha value is -0.330. The third-order valence-corrected chi connectivity index (χ3v) is 4.07. The molecule has 0 aromatic rings. The summed E-state index contributed by atoms with van der Waals surface area (Å²) in [6.07, 6.45) is -3.13. The van der Waals surface area contributed by atoms with Gasteiger partial charge in [-0.25, -0.2) is 0 Å². The van der Waals surface area contributed by atoms with Crippen molar-refractivity contribution in [1.29, 1.82) is 0 Å². The fourth-order valence-corrected chi connectivity index (χ4v) is 2.75. The second kappa shape index (κ2) is 6.90. The number of nitrogens with zero attached hydrogens (tertiary/aromatic N) is 1. The Morgan fingerprint density at radius 1 is 1.32 bits per heavy atom. The van der Waals surface area contributed by atoms with E-state index in [2.05, 4.69) is 4.90 Å². The summed E-state index contributed by atoms with van der Waals surface area (Å²) in [7, 11) is 1.67. The molecule has 1 aliphatic heterocycles. The molecule has 0 bridgehead atoms. The van der Waals surface area contributed by atoms with Gasteiger partial charge in [-0.15, -0.1) is 0 Å². The minimum atomic E-state index is -4.07. The van der Waals surface area contributed by atoms with Crippen LogP contribution in [0.1, 0.15) is 32.6 Å². The summed E-state index contributed by atoms with van der Waals surface area (Å²) in [5.74, 6) is 0.471. The van der Waals surface area contributed by atoms with Crippen molar-refractivity contribution in [2.24, 2.45) is 11.7 Å². The monoisotopic (exact) mass is 282 g/mol. The summed E-state index contributed by atoms with van der Waals surface area (Å²) in [5.41, 5.74) is 5.48. The maximum Gasteiger partial charge on any atom is 0.389 e. The SMILES string of the molecule is COCC1CCN(C(C)(CN)CCCC(F)(F)F)C1. The third-order valence-electron chi connectivity index (χ3n) is 4.07. The molecule has 0 saturated carbocycles. The number of halogens is 3. The highest BCUT2D eigenvalue weighted by atomic mass is 19.4. The van der Waals surface area contributed by atoms with Crippen LogP contribution in [0.25, 0.3) is 0 Å². The number of alkyl halides is 3. The molecule has 19 heavy (non-hydrogen) atoms. The molecule has 0 aromatic carbocycles. The van der Waals surface area contributed by atoms with Gasteiger partial charge < -0.3 is 10.5 Å². The Bertz CT molecular complexity index is 273. The number of nitrogens with two attached hydrogens (primary N) is 1. The van der Waals surface area contributed by atoms with Gasteiger partial charge in [-0.1, -0.05) is 0 Å². The van der Waals surface area contributed by atoms with Crippen LogP contribution in [-0.2, 0) is 4.74 Å². The fourth-order valence-electron chi connectivity index (χ4n) is 2.75. The number of hydrogen-bond donors (Lipinski definition) is 1. The van der Waals surface area contributed by atoms with Crippen LogP contribution in [0.2, 0.25) is 0 Å². The number of hydrogen-bond acceptors (Lipinski definition) is 3. The molecule has 0 aromatic heterocycles. The standard InChI is InChI=1S/C13H25F3N2O/c1-12(10-17,5-3-6-13(14,15)16)18-7-4-11(8-18)9-19-2/h11H,3-10,17H2,1-2H3. The van der Waals surface area contributed by atoms with Crippen LogP contribution >= 0.6 is 0 Å². The maximum atomic E-state index is 12.2. The molecule has 6 heteroatoms. The van der Waals surface area contributed by atoms with E-state index >= 15 is 0 Å². The molecule has 0 spiro atoms. The Balaban J connectivity index is 2.46. The average Bonchev–Trinajstić information content (AvgIpc) is 2.77. The van der Waals surface area contributed by atoms with Crippen LogP contribution in [-0.4, -0.2) is 50.0 Å². The van der Waals surface area contributed by atoms with Crippen molar-refractivity contribution < 1.29 is 17.9 Å². The molecule has 1 saturated heterocycles. The normalized spacial score (nSPS) is 24.6. The van der Waals surface area contributed by atoms with Gasteiger partial charge in [-0.05, 0) is 38.6 Å². The van der Waals surface area contributed by atoms with E-state index in [1.54, 1.807) is 7.11 Å². The average molecular weight is 282 g/mol. The largest absolute Gasteiger partial charge is 0.389 e. The Morgan fingerprint density at radius 3 is 2.53 bits per heavy atom. The van der Waals surface area contributed by atoms with Crippen LogP contribution in [0.3, 0.4) is 0 Å². The first kappa shape index (κ1) is 16.7. The van der Waals surface area contributed by atoms with Crippen LogP contribution in [0.4, 0.5) is 13.2 Å². The first-order valence-corrected chi connectivity index (χ1v) is 6.81. The van der Waals surface area contributed by atoms with Crippen molar-refractivity contribution in [3.8, 4) is 0 Å². The molecule has 1 heterocycles. The van der Waals surface area contributed by atoms with E-state index in [-0.39, 0.29) is 12.0 Å². The van der Waals surface area contributed by atoms with Crippen molar-refractivity contribution in [2.45, 2.75) is 44.3 Å². The number of methoxy groups -OCH3 is 1. The van der Waals surface area contributed by atoms with Gasteiger partial charge in [0.15, 0.2) is 0 Å². The molecule has 1 rings (SSSR count). The zero-order chi connectivity index (χ0) is 14.5. The molecule has 3 nitrogen and oxygen atoms in total. The smallest absolute Gasteiger partial charge is 0.384 e. The van der Waals surface area contributed by atoms with Crippen LogP contribution in [0, 0.1) is 5.92 Å². The van der Waals surface area contributed by atoms with Gasteiger partial charge in [0, 0.05) is 32.2 Å². The van der Waals surface area contributed by atoms with Crippen molar-refractivity contribution >= 4 is 0 Å². The first-order chi connectivity index (χ1) is 8.80. The molecule has 2 unspecified atom stereocenters. The van der Waals surface area contributed by atoms with Crippen molar-refractivity contribution in [1.82, 2.24) is 4.90 Å². The number of likely N-dealkylation sites (tertiary alicyclic amines) is 1. The lowest BCUT2D eigenvalue weighted by Gasteiger charge is -2.38. The molecular formula is C13H25F3N2O. The minimum Gasteiger partial charge on any atom is -0.384 e. The highest BCUT2D eigenvalue weighted by Gasteiger charge is 2.37. The van der Waals surface area contributed by atoms with E-state index in [9.17, 15) is 13.2 Å². The second-order valence-corrected chi connectivity index (χ2v) is 5.73. The predicted molar refractivity (Wildman–Crippen MR) is 68.9 cm³/mol. The third kappa shape index (κ3) is 5.28. The molecular weight excluding hydrogens is 257 g/mol. The molecule has 1 fully saturated rings. The molecule has 0 aliphatic carbocycles. The van der Waals surface area contributed by atoms with Crippen LogP contribution < -0.4 is 5.73 Å². The highest BCUT2D eigenvalue weighted by molar-refractivity contribution is 4.92. The van der Waals surface area contributed by atoms with E-state index < -0.39 is 12.6 Å². The number of rotatable bonds is 7. The van der Waals surface area contributed by atoms with Crippen LogP contribution in [0.15, 0.2) is 0 Å². The van der Waals surface area contributed by atoms with E-state index in [4.69, 9.17) is 10.5 Å². The summed E-state index contributed by atoms with van der Waals surface area (Å²) in [6, 6.07) is 0. The Morgan fingerprint density at radius 2 is 2.00 bits per heavy atom. The van der Waals surface area contributed by atoms with Crippen LogP contribution in [0.5, 0.6) is 0 Å². The Labute approximate surface area is 113 Å². The van der Waals surface area contributed by atoms with Crippen molar-refractivity contribution in [3.05, 3.63) is 0 Å². The molecule has 0 radical (unpaired) electrons. The van der Waals surface area contributed by atoms with Gasteiger partial charge in [0.2, 0.25) is 0 Å². The molecule has 0 amide bonds. The number of ether oxygens (including phenoxy) is 1. The second-order valence-electron chi connectivity index (χ2n) is 5.73. The predicted octanol–water partition coefficient (Wildman–Crippen LogP) is 2.40. The first-order valence-electron chi connectivity index (χ1n) is 6.81. The van der Waals surface area contributed by atoms with E-state index in [0.29, 0.717) is 25.5 Å². The zero-order valence-corrected chi connectivity index (χ0v) is 11.8. The van der Waals surface area contributed by atoms with E-state index in [0.717, 1.165) is 19.5 Å². The molecule has 2 atom stereocenters. The maximum absolute atomic E-state index is 12.2. The summed E-state index contributed by atoms with van der Waals surface area (Å²) in [5, 5.41) is 0. The summed E-state index contributed by atoms with van der Waals surface area (Å²) < 4.78 is 41.8. The summed E-state index contributed by atoms with van der Waals surface area (Å²) in [4.78, 5) is 2.23. The van der Waals surface area contributed by atoms with Gasteiger partial charge >= 0.3 is 6.18 Å². The molecule has 114 valence electrons. The van der Waals surface area contributed by atoms with Crippen molar-refractivity contribution in [2.75, 3.05) is 33.4 Å². The van der Waals surface area contributed by atoms with Gasteiger partial charge in [0.1, 0.15) is 0 Å². The zero-order valence-electron chi connectivity index (χ0n) is 11.8. The summed E-state index contributed by atoms with van der Waals surface area (Å²) >= 11 is 0. The Kier molecular flexibility index (Phi) is 6.08. The lowest BCUT2D eigenvalue weighted by atomic mass is 9.93. The highest BCUT2D eigenvalue weighted by Crippen LogP contribution is 2.31. The fraction of sp³-hybridized carbons (Fsp3) is 1.00. The molecule has 2 N–H and O–H groups in total. The lowest BCUT2D eigenvalue weighted by molar-refractivity contribution is -0.136. The van der Waals surface area contributed by atoms with Gasteiger partial charge in [0.25, 0.3) is 0 Å². The van der Waals surface area contributed by atoms with E-state index in [1.807, 2.05) is 6.92 Å². The lowest BCUT2D eigenvalue weighted by Crippen LogP contribution is -2.50. The summed E-state index contributed by atoms with van der Waals surface area (Å²) in [6.45, 7) is 4.84. The van der Waals surface area contributed by atoms with Gasteiger partial charge in [-0.2, -0.15) is 13.2 Å².